The van der Waals surface area contributed by atoms with E-state index in [4.69, 9.17) is 5.11 Å². The zero-order valence-corrected chi connectivity index (χ0v) is 9.98. The molecule has 1 aliphatic carbocycles. The first kappa shape index (κ1) is 11.9. The van der Waals surface area contributed by atoms with E-state index in [2.05, 4.69) is 0 Å². The van der Waals surface area contributed by atoms with Crippen LogP contribution in [0, 0.1) is 24.6 Å². The van der Waals surface area contributed by atoms with Crippen molar-refractivity contribution in [3.63, 3.8) is 0 Å². The number of hydrogen-bond acceptors (Lipinski definition) is 2. The molecule has 0 amide bonds. The second-order valence-corrected chi connectivity index (χ2v) is 4.75. The minimum Gasteiger partial charge on any atom is -0.481 e. The standard InChI is InChI=1S/C13H16FNO2/c1-8-5-10(3-4-12(8)14)15(2)7-9-6-11(9)13(16)17/h3-5,9,11H,6-7H2,1-2H3,(H,16,17). The first-order valence-electron chi connectivity index (χ1n) is 5.69. The van der Waals surface area contributed by atoms with Crippen LogP contribution in [0.2, 0.25) is 0 Å². The number of anilines is 1. The molecule has 2 unspecified atom stereocenters. The largest absolute Gasteiger partial charge is 0.481 e. The Balaban J connectivity index is 1.98. The molecule has 2 rings (SSSR count). The minimum absolute atomic E-state index is 0.195. The van der Waals surface area contributed by atoms with Crippen LogP contribution in [0.5, 0.6) is 0 Å². The van der Waals surface area contributed by atoms with Crippen LogP contribution in [0.25, 0.3) is 0 Å². The van der Waals surface area contributed by atoms with Gasteiger partial charge in [-0.25, -0.2) is 4.39 Å². The highest BCUT2D eigenvalue weighted by Crippen LogP contribution is 2.39. The highest BCUT2D eigenvalue weighted by atomic mass is 19.1. The van der Waals surface area contributed by atoms with Crippen molar-refractivity contribution < 1.29 is 14.3 Å². The number of carboxylic acid groups (broad SMARTS) is 1. The molecule has 0 aliphatic heterocycles. The van der Waals surface area contributed by atoms with Crippen molar-refractivity contribution in [2.75, 3.05) is 18.5 Å². The number of carboxylic acids is 1. The van der Waals surface area contributed by atoms with Crippen LogP contribution >= 0.6 is 0 Å². The van der Waals surface area contributed by atoms with Crippen molar-refractivity contribution in [3.8, 4) is 0 Å². The fraction of sp³-hybridized carbons (Fsp3) is 0.462. The van der Waals surface area contributed by atoms with Crippen LogP contribution < -0.4 is 4.90 Å². The Morgan fingerprint density at radius 1 is 1.59 bits per heavy atom. The molecule has 0 bridgehead atoms. The summed E-state index contributed by atoms with van der Waals surface area (Å²) < 4.78 is 13.1. The van der Waals surface area contributed by atoms with Gasteiger partial charge < -0.3 is 10.0 Å². The third kappa shape index (κ3) is 2.57. The molecule has 4 heteroatoms. The maximum atomic E-state index is 13.1. The highest BCUT2D eigenvalue weighted by molar-refractivity contribution is 5.73. The van der Waals surface area contributed by atoms with Crippen molar-refractivity contribution >= 4 is 11.7 Å². The summed E-state index contributed by atoms with van der Waals surface area (Å²) in [6.45, 7) is 2.44. The second-order valence-electron chi connectivity index (χ2n) is 4.75. The molecule has 0 radical (unpaired) electrons. The SMILES string of the molecule is Cc1cc(N(C)CC2CC2C(=O)O)ccc1F. The van der Waals surface area contributed by atoms with E-state index in [1.165, 1.54) is 6.07 Å². The predicted molar refractivity (Wildman–Crippen MR) is 63.6 cm³/mol. The van der Waals surface area contributed by atoms with Crippen LogP contribution in [0.1, 0.15) is 12.0 Å². The van der Waals surface area contributed by atoms with Crippen LogP contribution in [0.4, 0.5) is 10.1 Å². The lowest BCUT2D eigenvalue weighted by Crippen LogP contribution is -2.21. The average molecular weight is 237 g/mol. The number of nitrogens with zero attached hydrogens (tertiary/aromatic N) is 1. The quantitative estimate of drug-likeness (QED) is 0.873. The predicted octanol–water partition coefficient (Wildman–Crippen LogP) is 2.29. The summed E-state index contributed by atoms with van der Waals surface area (Å²) in [4.78, 5) is 12.7. The van der Waals surface area contributed by atoms with E-state index in [1.54, 1.807) is 19.1 Å². The molecule has 1 aromatic carbocycles. The summed E-state index contributed by atoms with van der Waals surface area (Å²) in [5.41, 5.74) is 1.54. The van der Waals surface area contributed by atoms with Gasteiger partial charge in [0.15, 0.2) is 0 Å². The van der Waals surface area contributed by atoms with E-state index in [1.807, 2.05) is 11.9 Å². The molecule has 92 valence electrons. The summed E-state index contributed by atoms with van der Waals surface area (Å²) in [5.74, 6) is -0.891. The van der Waals surface area contributed by atoms with E-state index >= 15 is 0 Å². The third-order valence-electron chi connectivity index (χ3n) is 3.33. The van der Waals surface area contributed by atoms with Crippen molar-refractivity contribution in [2.45, 2.75) is 13.3 Å². The van der Waals surface area contributed by atoms with E-state index in [0.717, 1.165) is 12.1 Å². The van der Waals surface area contributed by atoms with Crippen molar-refractivity contribution in [2.24, 2.45) is 11.8 Å². The molecule has 0 saturated heterocycles. The molecule has 1 fully saturated rings. The van der Waals surface area contributed by atoms with Gasteiger partial charge in [0.25, 0.3) is 0 Å². The number of halogens is 1. The Morgan fingerprint density at radius 3 is 2.82 bits per heavy atom. The molecular formula is C13H16FNO2. The molecule has 2 atom stereocenters. The molecule has 1 N–H and O–H groups in total. The fourth-order valence-corrected chi connectivity index (χ4v) is 2.08. The van der Waals surface area contributed by atoms with E-state index in [-0.39, 0.29) is 17.7 Å². The van der Waals surface area contributed by atoms with Crippen LogP contribution in [-0.2, 0) is 4.79 Å². The lowest BCUT2D eigenvalue weighted by Gasteiger charge is -2.19. The summed E-state index contributed by atoms with van der Waals surface area (Å²) in [6, 6.07) is 4.96. The Labute approximate surface area is 99.9 Å². The Hall–Kier alpha value is -1.58. The number of benzene rings is 1. The van der Waals surface area contributed by atoms with Gasteiger partial charge in [-0.15, -0.1) is 0 Å². The molecule has 1 aromatic rings. The summed E-state index contributed by atoms with van der Waals surface area (Å²) in [7, 11) is 1.91. The Morgan fingerprint density at radius 2 is 2.29 bits per heavy atom. The van der Waals surface area contributed by atoms with Crippen LogP contribution in [0.15, 0.2) is 18.2 Å². The molecule has 0 heterocycles. The average Bonchev–Trinajstić information content (AvgIpc) is 3.01. The zero-order valence-electron chi connectivity index (χ0n) is 9.98. The Kier molecular flexibility index (Phi) is 3.05. The summed E-state index contributed by atoms with van der Waals surface area (Å²) in [5, 5.41) is 8.82. The monoisotopic (exact) mass is 237 g/mol. The van der Waals surface area contributed by atoms with E-state index in [0.29, 0.717) is 12.1 Å². The minimum atomic E-state index is -0.710. The van der Waals surface area contributed by atoms with Gasteiger partial charge in [-0.3, -0.25) is 4.79 Å². The number of rotatable bonds is 4. The van der Waals surface area contributed by atoms with Gasteiger partial charge in [-0.05, 0) is 43.0 Å². The lowest BCUT2D eigenvalue weighted by atomic mass is 10.2. The van der Waals surface area contributed by atoms with Gasteiger partial charge in [0.1, 0.15) is 5.82 Å². The third-order valence-corrected chi connectivity index (χ3v) is 3.33. The Bertz CT molecular complexity index is 447. The molecule has 0 aromatic heterocycles. The normalized spacial score (nSPS) is 22.3. The van der Waals surface area contributed by atoms with Crippen molar-refractivity contribution in [3.05, 3.63) is 29.6 Å². The molecule has 1 saturated carbocycles. The maximum Gasteiger partial charge on any atom is 0.306 e. The lowest BCUT2D eigenvalue weighted by molar-refractivity contribution is -0.138. The molecule has 0 spiro atoms. The van der Waals surface area contributed by atoms with Crippen molar-refractivity contribution in [1.82, 2.24) is 0 Å². The number of hydrogen-bond donors (Lipinski definition) is 1. The van der Waals surface area contributed by atoms with Crippen molar-refractivity contribution in [1.29, 1.82) is 0 Å². The maximum absolute atomic E-state index is 13.1. The molecular weight excluding hydrogens is 221 g/mol. The van der Waals surface area contributed by atoms with Gasteiger partial charge in [-0.2, -0.15) is 0 Å². The molecule has 3 nitrogen and oxygen atoms in total. The van der Waals surface area contributed by atoms with Gasteiger partial charge in [0.2, 0.25) is 0 Å². The van der Waals surface area contributed by atoms with E-state index in [9.17, 15) is 9.18 Å². The summed E-state index contributed by atoms with van der Waals surface area (Å²) >= 11 is 0. The first-order chi connectivity index (χ1) is 7.99. The smallest absolute Gasteiger partial charge is 0.306 e. The highest BCUT2D eigenvalue weighted by Gasteiger charge is 2.43. The fourth-order valence-electron chi connectivity index (χ4n) is 2.08. The second kappa shape index (κ2) is 4.35. The van der Waals surface area contributed by atoms with Crippen LogP contribution in [-0.4, -0.2) is 24.7 Å². The first-order valence-corrected chi connectivity index (χ1v) is 5.69. The van der Waals surface area contributed by atoms with Crippen LogP contribution in [0.3, 0.4) is 0 Å². The molecule has 17 heavy (non-hydrogen) atoms. The van der Waals surface area contributed by atoms with E-state index < -0.39 is 5.97 Å². The number of aliphatic carboxylic acids is 1. The summed E-state index contributed by atoms with van der Waals surface area (Å²) in [6.07, 6.45) is 0.750. The topological polar surface area (TPSA) is 40.5 Å². The number of aryl methyl sites for hydroxylation is 1. The van der Waals surface area contributed by atoms with Gasteiger partial charge in [0.05, 0.1) is 5.92 Å². The number of carbonyl (C=O) groups is 1. The van der Waals surface area contributed by atoms with Gasteiger partial charge >= 0.3 is 5.97 Å². The van der Waals surface area contributed by atoms with Gasteiger partial charge in [-0.1, -0.05) is 0 Å². The molecule has 1 aliphatic rings. The zero-order chi connectivity index (χ0) is 12.6. The van der Waals surface area contributed by atoms with Gasteiger partial charge in [0, 0.05) is 19.3 Å².